The fourth-order valence-electron chi connectivity index (χ4n) is 1.72. The number of non-ortho nitro benzene ring substituents is 1. The van der Waals surface area contributed by atoms with Crippen molar-refractivity contribution in [3.8, 4) is 0 Å². The van der Waals surface area contributed by atoms with Crippen LogP contribution in [0, 0.1) is 10.1 Å². The van der Waals surface area contributed by atoms with Crippen LogP contribution in [0.15, 0.2) is 24.3 Å². The van der Waals surface area contributed by atoms with Gasteiger partial charge < -0.3 is 5.11 Å². The molecule has 19 heavy (non-hydrogen) atoms. The van der Waals surface area contributed by atoms with Gasteiger partial charge in [-0.25, -0.2) is 8.42 Å². The lowest BCUT2D eigenvalue weighted by molar-refractivity contribution is -0.385. The molecule has 1 rings (SSSR count). The Morgan fingerprint density at radius 2 is 2.11 bits per heavy atom. The first-order chi connectivity index (χ1) is 8.63. The number of aliphatic hydroxyl groups is 1. The van der Waals surface area contributed by atoms with Crippen molar-refractivity contribution in [2.75, 3.05) is 6.26 Å². The van der Waals surface area contributed by atoms with Gasteiger partial charge in [0.05, 0.1) is 4.92 Å². The first-order valence-electron chi connectivity index (χ1n) is 5.44. The molecular weight excluding hydrogens is 294 g/mol. The van der Waals surface area contributed by atoms with Crippen molar-refractivity contribution >= 4 is 27.1 Å². The molecule has 0 aromatic heterocycles. The van der Waals surface area contributed by atoms with Crippen LogP contribution in [0.25, 0.3) is 0 Å². The Labute approximate surface area is 116 Å². The molecule has 0 aliphatic rings. The van der Waals surface area contributed by atoms with Gasteiger partial charge in [0.1, 0.15) is 6.10 Å². The second-order valence-electron chi connectivity index (χ2n) is 4.17. The second-order valence-corrected chi connectivity index (χ2v) is 7.34. The van der Waals surface area contributed by atoms with E-state index in [2.05, 4.69) is 0 Å². The topological polar surface area (TPSA) is 97.5 Å². The van der Waals surface area contributed by atoms with E-state index in [4.69, 9.17) is 11.6 Å². The highest BCUT2D eigenvalue weighted by atomic mass is 35.5. The Morgan fingerprint density at radius 1 is 1.53 bits per heavy atom. The van der Waals surface area contributed by atoms with Crippen LogP contribution in [0.4, 0.5) is 5.69 Å². The van der Waals surface area contributed by atoms with Gasteiger partial charge in [-0.15, -0.1) is 0 Å². The minimum absolute atomic E-state index is 0.0305. The van der Waals surface area contributed by atoms with E-state index in [0.717, 1.165) is 12.3 Å². The van der Waals surface area contributed by atoms with Gasteiger partial charge in [-0.3, -0.25) is 10.1 Å². The van der Waals surface area contributed by atoms with Crippen molar-refractivity contribution in [2.45, 2.75) is 23.7 Å². The van der Waals surface area contributed by atoms with Crippen molar-refractivity contribution in [1.29, 1.82) is 0 Å². The minimum Gasteiger partial charge on any atom is -0.385 e. The van der Waals surface area contributed by atoms with Gasteiger partial charge in [-0.1, -0.05) is 30.7 Å². The van der Waals surface area contributed by atoms with E-state index in [1.807, 2.05) is 0 Å². The summed E-state index contributed by atoms with van der Waals surface area (Å²) in [5, 5.41) is 20.8. The summed E-state index contributed by atoms with van der Waals surface area (Å²) in [6, 6.07) is 5.13. The van der Waals surface area contributed by atoms with Gasteiger partial charge in [0.2, 0.25) is 0 Å². The molecule has 0 radical (unpaired) electrons. The minimum atomic E-state index is -3.75. The summed E-state index contributed by atoms with van der Waals surface area (Å²) in [5.41, 5.74) is -0.142. The Hall–Kier alpha value is -1.18. The highest BCUT2D eigenvalue weighted by Gasteiger charge is 2.45. The lowest BCUT2D eigenvalue weighted by Gasteiger charge is -2.29. The van der Waals surface area contributed by atoms with Gasteiger partial charge in [0, 0.05) is 18.4 Å². The maximum absolute atomic E-state index is 11.7. The van der Waals surface area contributed by atoms with E-state index in [9.17, 15) is 23.6 Å². The van der Waals surface area contributed by atoms with Gasteiger partial charge in [0.25, 0.3) is 5.69 Å². The number of nitro benzene ring substituents is 1. The molecule has 0 fully saturated rings. The zero-order chi connectivity index (χ0) is 14.8. The fourth-order valence-corrected chi connectivity index (χ4v) is 2.91. The summed E-state index contributed by atoms with van der Waals surface area (Å²) < 4.78 is 21.5. The Bertz CT molecular complexity index is 589. The number of alkyl halides is 1. The van der Waals surface area contributed by atoms with Crippen LogP contribution in [0.2, 0.25) is 0 Å². The molecule has 1 aromatic rings. The van der Waals surface area contributed by atoms with E-state index in [0.29, 0.717) is 0 Å². The molecule has 6 nitrogen and oxygen atoms in total. The first-order valence-corrected chi connectivity index (χ1v) is 7.71. The third-order valence-corrected chi connectivity index (χ3v) is 5.96. The molecule has 106 valence electrons. The molecule has 0 spiro atoms. The van der Waals surface area contributed by atoms with Crippen molar-refractivity contribution in [3.05, 3.63) is 39.9 Å². The van der Waals surface area contributed by atoms with Crippen LogP contribution in [-0.2, 0) is 9.84 Å². The summed E-state index contributed by atoms with van der Waals surface area (Å²) in [5.74, 6) is 0. The quantitative estimate of drug-likeness (QED) is 0.510. The summed E-state index contributed by atoms with van der Waals surface area (Å²) in [4.78, 5) is 10.0. The molecule has 0 aliphatic carbocycles. The lowest BCUT2D eigenvalue weighted by atomic mass is 10.0. The van der Waals surface area contributed by atoms with E-state index >= 15 is 0 Å². The molecule has 0 heterocycles. The standard InChI is InChI=1S/C11H14ClNO5S/c1-3-11(12,19(2,17)18)10(14)8-5-4-6-9(7-8)13(15)16/h4-7,10,14H,3H2,1-2H3/t10-,11-/m0/s1. The number of rotatable bonds is 5. The number of halogens is 1. The van der Waals surface area contributed by atoms with Gasteiger partial charge in [-0.2, -0.15) is 0 Å². The number of benzene rings is 1. The number of hydrogen-bond donors (Lipinski definition) is 1. The average molecular weight is 308 g/mol. The molecule has 0 amide bonds. The maximum atomic E-state index is 11.7. The Morgan fingerprint density at radius 3 is 2.53 bits per heavy atom. The Kier molecular flexibility index (Phi) is 4.54. The molecular formula is C11H14ClNO5S. The molecule has 2 atom stereocenters. The maximum Gasteiger partial charge on any atom is 0.269 e. The van der Waals surface area contributed by atoms with E-state index in [1.54, 1.807) is 0 Å². The molecule has 1 N–H and O–H groups in total. The van der Waals surface area contributed by atoms with E-state index in [1.165, 1.54) is 25.1 Å². The van der Waals surface area contributed by atoms with E-state index in [-0.39, 0.29) is 17.7 Å². The van der Waals surface area contributed by atoms with Crippen LogP contribution < -0.4 is 0 Å². The van der Waals surface area contributed by atoms with Crippen LogP contribution in [0.1, 0.15) is 25.0 Å². The Balaban J connectivity index is 3.29. The summed E-state index contributed by atoms with van der Waals surface area (Å²) in [6.07, 6.45) is -0.657. The average Bonchev–Trinajstić information content (AvgIpc) is 2.35. The SMILES string of the molecule is CC[C@@](Cl)([C@@H](O)c1cccc([N+](=O)[O-])c1)S(C)(=O)=O. The zero-order valence-corrected chi connectivity index (χ0v) is 12.0. The number of aliphatic hydroxyl groups excluding tert-OH is 1. The number of nitro groups is 1. The summed E-state index contributed by atoms with van der Waals surface area (Å²) in [7, 11) is -3.75. The largest absolute Gasteiger partial charge is 0.385 e. The van der Waals surface area contributed by atoms with Crippen molar-refractivity contribution in [3.63, 3.8) is 0 Å². The molecule has 1 aromatic carbocycles. The summed E-state index contributed by atoms with van der Waals surface area (Å²) >= 11 is 6.01. The fraction of sp³-hybridized carbons (Fsp3) is 0.455. The molecule has 0 bridgehead atoms. The lowest BCUT2D eigenvalue weighted by Crippen LogP contribution is -2.37. The van der Waals surface area contributed by atoms with Crippen molar-refractivity contribution < 1.29 is 18.4 Å². The van der Waals surface area contributed by atoms with Crippen LogP contribution in [-0.4, -0.2) is 28.9 Å². The van der Waals surface area contributed by atoms with Crippen molar-refractivity contribution in [1.82, 2.24) is 0 Å². The number of nitrogens with zero attached hydrogens (tertiary/aromatic N) is 1. The number of hydrogen-bond acceptors (Lipinski definition) is 5. The zero-order valence-electron chi connectivity index (χ0n) is 10.4. The molecule has 0 aliphatic heterocycles. The highest BCUT2D eigenvalue weighted by molar-refractivity contribution is 7.93. The van der Waals surface area contributed by atoms with Gasteiger partial charge in [0.15, 0.2) is 14.0 Å². The predicted molar refractivity (Wildman–Crippen MR) is 71.8 cm³/mol. The first kappa shape index (κ1) is 15.9. The third-order valence-electron chi connectivity index (χ3n) is 2.90. The van der Waals surface area contributed by atoms with Crippen molar-refractivity contribution in [2.24, 2.45) is 0 Å². The van der Waals surface area contributed by atoms with Crippen LogP contribution in [0.3, 0.4) is 0 Å². The highest BCUT2D eigenvalue weighted by Crippen LogP contribution is 2.40. The van der Waals surface area contributed by atoms with Crippen LogP contribution in [0.5, 0.6) is 0 Å². The molecule has 0 saturated carbocycles. The molecule has 0 unspecified atom stereocenters. The molecule has 8 heteroatoms. The smallest absolute Gasteiger partial charge is 0.269 e. The third kappa shape index (κ3) is 3.05. The molecule has 0 saturated heterocycles. The summed E-state index contributed by atoms with van der Waals surface area (Å²) in [6.45, 7) is 1.52. The van der Waals surface area contributed by atoms with Crippen LogP contribution >= 0.6 is 11.6 Å². The normalized spacial score (nSPS) is 16.6. The second kappa shape index (κ2) is 5.44. The number of sulfone groups is 1. The predicted octanol–water partition coefficient (Wildman–Crippen LogP) is 2.02. The van der Waals surface area contributed by atoms with E-state index < -0.39 is 25.1 Å². The van der Waals surface area contributed by atoms with Gasteiger partial charge in [-0.05, 0) is 12.0 Å². The van der Waals surface area contributed by atoms with Gasteiger partial charge >= 0.3 is 0 Å². The monoisotopic (exact) mass is 307 g/mol.